The van der Waals surface area contributed by atoms with Crippen molar-refractivity contribution in [2.45, 2.75) is 50.2 Å². The highest BCUT2D eigenvalue weighted by Gasteiger charge is 2.54. The van der Waals surface area contributed by atoms with Crippen LogP contribution in [0.25, 0.3) is 0 Å². The van der Waals surface area contributed by atoms with E-state index in [1.54, 1.807) is 30.3 Å². The maximum atomic E-state index is 14.6. The van der Waals surface area contributed by atoms with E-state index >= 15 is 0 Å². The molecule has 1 aliphatic rings. The zero-order chi connectivity index (χ0) is 19.5. The second-order valence-corrected chi connectivity index (χ2v) is 6.56. The van der Waals surface area contributed by atoms with Gasteiger partial charge in [0.15, 0.2) is 6.17 Å². The third-order valence-electron chi connectivity index (χ3n) is 4.51. The first-order valence-electron chi connectivity index (χ1n) is 8.27. The fraction of sp³-hybridized carbons (Fsp3) is 0.588. The summed E-state index contributed by atoms with van der Waals surface area (Å²) in [6.07, 6.45) is -6.78. The quantitative estimate of drug-likeness (QED) is 0.527. The summed E-state index contributed by atoms with van der Waals surface area (Å²) in [5.74, 6) is -3.68. The van der Waals surface area contributed by atoms with Crippen molar-refractivity contribution in [3.8, 4) is 0 Å². The van der Waals surface area contributed by atoms with Crippen molar-refractivity contribution in [1.29, 1.82) is 0 Å². The summed E-state index contributed by atoms with van der Waals surface area (Å²) >= 11 is 0. The summed E-state index contributed by atoms with van der Waals surface area (Å²) in [4.78, 5) is 12.1. The Bertz CT molecular complexity index is 604. The molecule has 7 nitrogen and oxygen atoms in total. The monoisotopic (exact) mass is 374 g/mol. The number of anilines is 1. The standard InChI is InChI=1S/C17H24F2N2O5/c1-9-12(21-16(25)20-10-6-4-3-5-7-10)15(18)17(2,19)26-14(9)13(24)11(23)8-22/h3-7,9,11-15,22-24H,8H2,1-2H3,(H2,20,21,25)/t9-,11-,12-,13-,14-,15?,17?/m1/s1. The first-order valence-corrected chi connectivity index (χ1v) is 8.27. The minimum Gasteiger partial charge on any atom is -0.394 e. The van der Waals surface area contributed by atoms with Crippen LogP contribution in [0.2, 0.25) is 0 Å². The predicted molar refractivity (Wildman–Crippen MR) is 89.9 cm³/mol. The Kier molecular flexibility index (Phi) is 6.51. The number of para-hydroxylation sites is 1. The Morgan fingerprint density at radius 2 is 1.96 bits per heavy atom. The second-order valence-electron chi connectivity index (χ2n) is 6.56. The molecule has 146 valence electrons. The van der Waals surface area contributed by atoms with Gasteiger partial charge in [-0.3, -0.25) is 0 Å². The Hall–Kier alpha value is -1.81. The van der Waals surface area contributed by atoms with E-state index in [1.165, 1.54) is 6.92 Å². The van der Waals surface area contributed by atoms with Gasteiger partial charge in [0, 0.05) is 11.6 Å². The van der Waals surface area contributed by atoms with Gasteiger partial charge in [-0.05, 0) is 19.1 Å². The van der Waals surface area contributed by atoms with E-state index in [0.717, 1.165) is 6.92 Å². The van der Waals surface area contributed by atoms with Gasteiger partial charge in [0.1, 0.15) is 12.2 Å². The van der Waals surface area contributed by atoms with Crippen LogP contribution in [0.3, 0.4) is 0 Å². The van der Waals surface area contributed by atoms with Crippen molar-refractivity contribution in [3.63, 3.8) is 0 Å². The highest BCUT2D eigenvalue weighted by Crippen LogP contribution is 2.38. The van der Waals surface area contributed by atoms with E-state index in [9.17, 15) is 23.8 Å². The number of amides is 2. The largest absolute Gasteiger partial charge is 0.394 e. The van der Waals surface area contributed by atoms with Gasteiger partial charge in [-0.2, -0.15) is 0 Å². The molecule has 0 bridgehead atoms. The summed E-state index contributed by atoms with van der Waals surface area (Å²) in [6, 6.07) is 6.34. The lowest BCUT2D eigenvalue weighted by Gasteiger charge is -2.46. The molecular formula is C17H24F2N2O5. The molecule has 2 unspecified atom stereocenters. The van der Waals surface area contributed by atoms with Crippen molar-refractivity contribution in [2.24, 2.45) is 5.92 Å². The van der Waals surface area contributed by atoms with Crippen molar-refractivity contribution < 1.29 is 33.6 Å². The molecule has 0 radical (unpaired) electrons. The van der Waals surface area contributed by atoms with Crippen LogP contribution < -0.4 is 10.6 Å². The van der Waals surface area contributed by atoms with Gasteiger partial charge in [-0.25, -0.2) is 13.6 Å². The van der Waals surface area contributed by atoms with Gasteiger partial charge in [0.05, 0.1) is 18.8 Å². The number of nitrogens with one attached hydrogen (secondary N) is 2. The predicted octanol–water partition coefficient (Wildman–Crippen LogP) is 0.949. The van der Waals surface area contributed by atoms with E-state index in [1.807, 2.05) is 0 Å². The van der Waals surface area contributed by atoms with E-state index in [2.05, 4.69) is 10.6 Å². The molecule has 0 saturated carbocycles. The smallest absolute Gasteiger partial charge is 0.319 e. The van der Waals surface area contributed by atoms with E-state index in [0.29, 0.717) is 5.69 Å². The van der Waals surface area contributed by atoms with Crippen LogP contribution in [-0.2, 0) is 4.74 Å². The lowest BCUT2D eigenvalue weighted by Crippen LogP contribution is -2.65. The number of carbonyl (C=O) groups excluding carboxylic acids is 1. The summed E-state index contributed by atoms with van der Waals surface area (Å²) in [5.41, 5.74) is 0.468. The van der Waals surface area contributed by atoms with Crippen LogP contribution in [0.4, 0.5) is 19.3 Å². The van der Waals surface area contributed by atoms with Gasteiger partial charge in [0.2, 0.25) is 5.85 Å². The molecule has 9 heteroatoms. The van der Waals surface area contributed by atoms with E-state index in [4.69, 9.17) is 9.84 Å². The summed E-state index contributed by atoms with van der Waals surface area (Å²) in [7, 11) is 0. The number of carbonyl (C=O) groups is 1. The van der Waals surface area contributed by atoms with E-state index < -0.39 is 54.9 Å². The van der Waals surface area contributed by atoms with Crippen molar-refractivity contribution >= 4 is 11.7 Å². The highest BCUT2D eigenvalue weighted by atomic mass is 19.2. The number of ether oxygens (including phenoxy) is 1. The Balaban J connectivity index is 2.14. The molecule has 1 aliphatic heterocycles. The normalized spacial score (nSPS) is 34.0. The maximum Gasteiger partial charge on any atom is 0.319 e. The van der Waals surface area contributed by atoms with Crippen molar-refractivity contribution in [3.05, 3.63) is 30.3 Å². The zero-order valence-corrected chi connectivity index (χ0v) is 14.5. The fourth-order valence-corrected chi connectivity index (χ4v) is 2.98. The third kappa shape index (κ3) is 4.47. The van der Waals surface area contributed by atoms with Crippen LogP contribution in [0.1, 0.15) is 13.8 Å². The minimum atomic E-state index is -2.79. The van der Waals surface area contributed by atoms with Gasteiger partial charge >= 0.3 is 6.03 Å². The minimum absolute atomic E-state index is 0.468. The van der Waals surface area contributed by atoms with Crippen molar-refractivity contribution in [2.75, 3.05) is 11.9 Å². The van der Waals surface area contributed by atoms with Gasteiger partial charge in [-0.15, -0.1) is 0 Å². The maximum absolute atomic E-state index is 14.6. The number of benzene rings is 1. The molecule has 1 saturated heterocycles. The van der Waals surface area contributed by atoms with Crippen LogP contribution in [0, 0.1) is 5.92 Å². The number of hydrogen-bond acceptors (Lipinski definition) is 5. The second kappa shape index (κ2) is 8.26. The molecule has 2 amide bonds. The molecular weight excluding hydrogens is 350 g/mol. The van der Waals surface area contributed by atoms with Gasteiger partial charge in [-0.1, -0.05) is 25.1 Å². The number of urea groups is 1. The number of alkyl halides is 2. The number of aliphatic hydroxyl groups is 3. The molecule has 0 aliphatic carbocycles. The number of hydrogen-bond donors (Lipinski definition) is 5. The lowest BCUT2D eigenvalue weighted by atomic mass is 9.82. The average molecular weight is 374 g/mol. The molecule has 1 aromatic carbocycles. The molecule has 1 fully saturated rings. The molecule has 7 atom stereocenters. The zero-order valence-electron chi connectivity index (χ0n) is 14.5. The first kappa shape index (κ1) is 20.5. The molecule has 5 N–H and O–H groups in total. The Morgan fingerprint density at radius 3 is 2.54 bits per heavy atom. The average Bonchev–Trinajstić information content (AvgIpc) is 2.61. The van der Waals surface area contributed by atoms with Gasteiger partial charge < -0.3 is 30.7 Å². The van der Waals surface area contributed by atoms with Gasteiger partial charge in [0.25, 0.3) is 0 Å². The summed E-state index contributed by atoms with van der Waals surface area (Å²) in [5, 5.41) is 33.5. The summed E-state index contributed by atoms with van der Waals surface area (Å²) < 4.78 is 34.1. The molecule has 2 rings (SSSR count). The highest BCUT2D eigenvalue weighted by molar-refractivity contribution is 5.89. The molecule has 1 aromatic rings. The fourth-order valence-electron chi connectivity index (χ4n) is 2.98. The summed E-state index contributed by atoms with van der Waals surface area (Å²) in [6.45, 7) is 1.52. The van der Waals surface area contributed by atoms with Crippen LogP contribution in [0.5, 0.6) is 0 Å². The van der Waals surface area contributed by atoms with Crippen molar-refractivity contribution in [1.82, 2.24) is 5.32 Å². The number of aliphatic hydroxyl groups excluding tert-OH is 3. The van der Waals surface area contributed by atoms with Crippen LogP contribution >= 0.6 is 0 Å². The topological polar surface area (TPSA) is 111 Å². The first-order chi connectivity index (χ1) is 12.2. The number of halogens is 2. The van der Waals surface area contributed by atoms with E-state index in [-0.39, 0.29) is 0 Å². The SMILES string of the molecule is C[C@H]1[C@H]([C@H](O)[C@H](O)CO)OC(C)(F)C(F)[C@@H]1NC(=O)Nc1ccccc1. The number of rotatable bonds is 5. The third-order valence-corrected chi connectivity index (χ3v) is 4.51. The van der Waals surface area contributed by atoms with Crippen LogP contribution in [-0.4, -0.2) is 64.3 Å². The molecule has 0 aromatic heterocycles. The Labute approximate surface area is 150 Å². The Morgan fingerprint density at radius 1 is 1.35 bits per heavy atom. The van der Waals surface area contributed by atoms with Crippen LogP contribution in [0.15, 0.2) is 30.3 Å². The molecule has 26 heavy (non-hydrogen) atoms. The lowest BCUT2D eigenvalue weighted by molar-refractivity contribution is -0.280. The molecule has 1 heterocycles. The molecule has 0 spiro atoms.